The lowest BCUT2D eigenvalue weighted by Crippen LogP contribution is -2.32. The Labute approximate surface area is 113 Å². The highest BCUT2D eigenvalue weighted by Crippen LogP contribution is 2.25. The summed E-state index contributed by atoms with van der Waals surface area (Å²) in [5.74, 6) is -1.38. The van der Waals surface area contributed by atoms with Crippen molar-refractivity contribution in [3.05, 3.63) is 34.9 Å². The zero-order chi connectivity index (χ0) is 14.8. The number of carboxylic acids is 1. The van der Waals surface area contributed by atoms with Crippen LogP contribution in [0.2, 0.25) is 0 Å². The van der Waals surface area contributed by atoms with E-state index in [1.165, 1.54) is 0 Å². The number of benzene rings is 1. The maximum Gasteiger partial charge on any atom is 0.320 e. The first-order valence-corrected chi connectivity index (χ1v) is 6.25. The van der Waals surface area contributed by atoms with E-state index in [1.54, 1.807) is 0 Å². The van der Waals surface area contributed by atoms with Crippen molar-refractivity contribution in [2.75, 3.05) is 0 Å². The number of carbonyl (C=O) groups excluding carboxylic acids is 1. The third-order valence-electron chi connectivity index (χ3n) is 3.13. The highest BCUT2D eigenvalue weighted by atomic mass is 16.4. The van der Waals surface area contributed by atoms with Crippen LogP contribution in [0.4, 0.5) is 0 Å². The van der Waals surface area contributed by atoms with Gasteiger partial charge >= 0.3 is 5.97 Å². The minimum absolute atomic E-state index is 0.0579. The highest BCUT2D eigenvalue weighted by molar-refractivity contribution is 6.00. The van der Waals surface area contributed by atoms with Crippen LogP contribution in [0.5, 0.6) is 0 Å². The Morgan fingerprint density at radius 3 is 2.37 bits per heavy atom. The quantitative estimate of drug-likeness (QED) is 0.817. The van der Waals surface area contributed by atoms with Crippen molar-refractivity contribution < 1.29 is 14.7 Å². The van der Waals surface area contributed by atoms with Gasteiger partial charge in [0.25, 0.3) is 0 Å². The Bertz CT molecular complexity index is 501. The van der Waals surface area contributed by atoms with Crippen LogP contribution in [0, 0.1) is 6.92 Å². The number of hydrogen-bond donors (Lipinski definition) is 2. The minimum atomic E-state index is -1.15. The summed E-state index contributed by atoms with van der Waals surface area (Å²) in [6, 6.07) is 4.57. The lowest BCUT2D eigenvalue weighted by Gasteiger charge is -2.20. The summed E-state index contributed by atoms with van der Waals surface area (Å²) in [6.07, 6.45) is -0.177. The largest absolute Gasteiger partial charge is 0.480 e. The van der Waals surface area contributed by atoms with Crippen molar-refractivity contribution in [1.82, 2.24) is 0 Å². The number of aryl methyl sites for hydroxylation is 1. The second-order valence-electron chi connectivity index (χ2n) is 5.85. The standard InChI is InChI=1S/C15H21NO3/c1-9-5-6-10(15(2,3)4)7-11(9)13(17)8-12(16)14(18)19/h5-7,12H,8,16H2,1-4H3,(H,18,19). The van der Waals surface area contributed by atoms with Gasteiger partial charge in [0.15, 0.2) is 5.78 Å². The zero-order valence-corrected chi connectivity index (χ0v) is 11.9. The summed E-state index contributed by atoms with van der Waals surface area (Å²) in [4.78, 5) is 22.8. The topological polar surface area (TPSA) is 80.4 Å². The average molecular weight is 263 g/mol. The van der Waals surface area contributed by atoms with E-state index < -0.39 is 12.0 Å². The number of Topliss-reactive ketones (excluding diaryl/α,β-unsaturated/α-hetero) is 1. The molecule has 0 radical (unpaired) electrons. The van der Waals surface area contributed by atoms with Crippen LogP contribution in [0.15, 0.2) is 18.2 Å². The molecule has 0 saturated carbocycles. The van der Waals surface area contributed by atoms with E-state index in [2.05, 4.69) is 20.8 Å². The molecule has 1 aromatic carbocycles. The fourth-order valence-electron chi connectivity index (χ4n) is 1.79. The first-order valence-electron chi connectivity index (χ1n) is 6.25. The Morgan fingerprint density at radius 1 is 1.32 bits per heavy atom. The van der Waals surface area contributed by atoms with E-state index >= 15 is 0 Å². The molecule has 104 valence electrons. The Hall–Kier alpha value is -1.68. The van der Waals surface area contributed by atoms with Gasteiger partial charge in [-0.2, -0.15) is 0 Å². The number of aliphatic carboxylic acids is 1. The first-order chi connectivity index (χ1) is 8.62. The van der Waals surface area contributed by atoms with Gasteiger partial charge in [-0.3, -0.25) is 9.59 Å². The van der Waals surface area contributed by atoms with Crippen LogP contribution in [0.25, 0.3) is 0 Å². The van der Waals surface area contributed by atoms with Crippen molar-refractivity contribution in [2.24, 2.45) is 5.73 Å². The first kappa shape index (κ1) is 15.4. The van der Waals surface area contributed by atoms with Gasteiger partial charge in [0.1, 0.15) is 6.04 Å². The molecule has 0 fully saturated rings. The van der Waals surface area contributed by atoms with Crippen LogP contribution < -0.4 is 5.73 Å². The average Bonchev–Trinajstić information content (AvgIpc) is 2.27. The van der Waals surface area contributed by atoms with E-state index in [-0.39, 0.29) is 17.6 Å². The van der Waals surface area contributed by atoms with E-state index in [0.717, 1.165) is 11.1 Å². The van der Waals surface area contributed by atoms with E-state index in [1.807, 2.05) is 25.1 Å². The summed E-state index contributed by atoms with van der Waals surface area (Å²) in [6.45, 7) is 8.03. The third kappa shape index (κ3) is 3.89. The monoisotopic (exact) mass is 263 g/mol. The Kier molecular flexibility index (Phi) is 4.48. The van der Waals surface area contributed by atoms with Crippen LogP contribution >= 0.6 is 0 Å². The van der Waals surface area contributed by atoms with Crippen LogP contribution in [0.3, 0.4) is 0 Å². The molecule has 0 amide bonds. The van der Waals surface area contributed by atoms with Crippen LogP contribution in [-0.4, -0.2) is 22.9 Å². The number of carboxylic acid groups (broad SMARTS) is 1. The fourth-order valence-corrected chi connectivity index (χ4v) is 1.79. The van der Waals surface area contributed by atoms with Gasteiger partial charge in [-0.25, -0.2) is 0 Å². The lowest BCUT2D eigenvalue weighted by molar-refractivity contribution is -0.138. The number of hydrogen-bond acceptors (Lipinski definition) is 3. The molecular formula is C15H21NO3. The summed E-state index contributed by atoms with van der Waals surface area (Å²) in [7, 11) is 0. The zero-order valence-electron chi connectivity index (χ0n) is 11.9. The van der Waals surface area contributed by atoms with E-state index in [4.69, 9.17) is 10.8 Å². The molecule has 3 N–H and O–H groups in total. The Morgan fingerprint density at radius 2 is 1.89 bits per heavy atom. The second-order valence-corrected chi connectivity index (χ2v) is 5.85. The molecule has 0 aromatic heterocycles. The highest BCUT2D eigenvalue weighted by Gasteiger charge is 2.21. The summed E-state index contributed by atoms with van der Waals surface area (Å²) >= 11 is 0. The smallest absolute Gasteiger partial charge is 0.320 e. The summed E-state index contributed by atoms with van der Waals surface area (Å²) in [5.41, 5.74) is 7.80. The van der Waals surface area contributed by atoms with Crippen molar-refractivity contribution in [3.8, 4) is 0 Å². The molecule has 0 aliphatic rings. The van der Waals surface area contributed by atoms with Gasteiger partial charge in [0.05, 0.1) is 0 Å². The molecule has 19 heavy (non-hydrogen) atoms. The SMILES string of the molecule is Cc1ccc(C(C)(C)C)cc1C(=O)CC(N)C(=O)O. The molecule has 1 aromatic rings. The number of carbonyl (C=O) groups is 2. The summed E-state index contributed by atoms with van der Waals surface area (Å²) in [5, 5.41) is 8.75. The van der Waals surface area contributed by atoms with Gasteiger partial charge < -0.3 is 10.8 Å². The van der Waals surface area contributed by atoms with Crippen LogP contribution in [0.1, 0.15) is 48.7 Å². The predicted molar refractivity (Wildman–Crippen MR) is 74.4 cm³/mol. The molecule has 1 unspecified atom stereocenters. The second kappa shape index (κ2) is 5.53. The summed E-state index contributed by atoms with van der Waals surface area (Å²) < 4.78 is 0. The molecule has 4 heteroatoms. The number of ketones is 1. The lowest BCUT2D eigenvalue weighted by atomic mass is 9.84. The third-order valence-corrected chi connectivity index (χ3v) is 3.13. The Balaban J connectivity index is 3.06. The maximum atomic E-state index is 12.1. The predicted octanol–water partition coefficient (Wildman–Crippen LogP) is 2.28. The molecule has 0 heterocycles. The van der Waals surface area contributed by atoms with E-state index in [9.17, 15) is 9.59 Å². The molecular weight excluding hydrogens is 242 g/mol. The molecule has 0 spiro atoms. The molecule has 0 bridgehead atoms. The number of rotatable bonds is 4. The van der Waals surface area contributed by atoms with Gasteiger partial charge in [0, 0.05) is 12.0 Å². The van der Waals surface area contributed by atoms with Crippen LogP contribution in [-0.2, 0) is 10.2 Å². The normalized spacial score (nSPS) is 13.1. The molecule has 0 saturated heterocycles. The molecule has 0 aliphatic heterocycles. The van der Waals surface area contributed by atoms with Crippen molar-refractivity contribution >= 4 is 11.8 Å². The van der Waals surface area contributed by atoms with Gasteiger partial charge in [0.2, 0.25) is 0 Å². The van der Waals surface area contributed by atoms with Gasteiger partial charge in [-0.1, -0.05) is 32.9 Å². The fraction of sp³-hybridized carbons (Fsp3) is 0.467. The van der Waals surface area contributed by atoms with Gasteiger partial charge in [-0.05, 0) is 29.5 Å². The van der Waals surface area contributed by atoms with Gasteiger partial charge in [-0.15, -0.1) is 0 Å². The molecule has 1 atom stereocenters. The maximum absolute atomic E-state index is 12.1. The van der Waals surface area contributed by atoms with E-state index in [0.29, 0.717) is 5.56 Å². The number of nitrogens with two attached hydrogens (primary N) is 1. The van der Waals surface area contributed by atoms with Crippen molar-refractivity contribution in [2.45, 2.75) is 45.6 Å². The molecule has 1 rings (SSSR count). The van der Waals surface area contributed by atoms with Crippen molar-refractivity contribution in [1.29, 1.82) is 0 Å². The van der Waals surface area contributed by atoms with Crippen molar-refractivity contribution in [3.63, 3.8) is 0 Å². The molecule has 4 nitrogen and oxygen atoms in total. The minimum Gasteiger partial charge on any atom is -0.480 e. The molecule has 0 aliphatic carbocycles.